The third-order valence-corrected chi connectivity index (χ3v) is 5.77. The maximum atomic E-state index is 12.7. The SMILES string of the molecule is CCSc1ncc(Cl)c(C(=O)NC[C@H](c2ccc(OC)cc2)N2CCCC2)n1. The zero-order valence-electron chi connectivity index (χ0n) is 16.2. The molecular weight excluding hydrogens is 396 g/mol. The fraction of sp³-hybridized carbons (Fsp3) is 0.450. The van der Waals surface area contributed by atoms with E-state index in [1.807, 2.05) is 19.1 Å². The van der Waals surface area contributed by atoms with E-state index in [9.17, 15) is 4.79 Å². The second-order valence-electron chi connectivity index (χ2n) is 6.52. The normalized spacial score (nSPS) is 15.4. The molecule has 2 heterocycles. The summed E-state index contributed by atoms with van der Waals surface area (Å²) >= 11 is 7.64. The Hall–Kier alpha value is -1.83. The minimum atomic E-state index is -0.275. The van der Waals surface area contributed by atoms with E-state index in [-0.39, 0.29) is 22.7 Å². The highest BCUT2D eigenvalue weighted by atomic mass is 35.5. The van der Waals surface area contributed by atoms with Gasteiger partial charge in [0.25, 0.3) is 5.91 Å². The molecule has 0 bridgehead atoms. The fourth-order valence-corrected chi connectivity index (χ4v) is 4.04. The summed E-state index contributed by atoms with van der Waals surface area (Å²) in [7, 11) is 1.66. The number of carbonyl (C=O) groups excluding carboxylic acids is 1. The Labute approximate surface area is 175 Å². The van der Waals surface area contributed by atoms with Crippen molar-refractivity contribution >= 4 is 29.3 Å². The molecule has 28 heavy (non-hydrogen) atoms. The van der Waals surface area contributed by atoms with Gasteiger partial charge >= 0.3 is 0 Å². The molecule has 8 heteroatoms. The molecule has 1 saturated heterocycles. The zero-order valence-corrected chi connectivity index (χ0v) is 17.7. The van der Waals surface area contributed by atoms with Gasteiger partial charge < -0.3 is 10.1 Å². The predicted molar refractivity (Wildman–Crippen MR) is 112 cm³/mol. The van der Waals surface area contributed by atoms with Gasteiger partial charge in [0.1, 0.15) is 5.75 Å². The summed E-state index contributed by atoms with van der Waals surface area (Å²) < 4.78 is 5.26. The molecule has 0 unspecified atom stereocenters. The van der Waals surface area contributed by atoms with Gasteiger partial charge in [0.15, 0.2) is 10.9 Å². The number of thioether (sulfide) groups is 1. The summed E-state index contributed by atoms with van der Waals surface area (Å²) in [6.07, 6.45) is 3.84. The highest BCUT2D eigenvalue weighted by Crippen LogP contribution is 2.26. The first-order valence-corrected chi connectivity index (χ1v) is 10.8. The third-order valence-electron chi connectivity index (χ3n) is 4.75. The number of methoxy groups -OCH3 is 1. The lowest BCUT2D eigenvalue weighted by Crippen LogP contribution is -2.37. The lowest BCUT2D eigenvalue weighted by Gasteiger charge is -2.28. The summed E-state index contributed by atoms with van der Waals surface area (Å²) in [4.78, 5) is 23.6. The lowest BCUT2D eigenvalue weighted by atomic mass is 10.1. The molecule has 1 aromatic carbocycles. The number of carbonyl (C=O) groups is 1. The monoisotopic (exact) mass is 420 g/mol. The molecule has 1 aliphatic rings. The molecule has 0 spiro atoms. The van der Waals surface area contributed by atoms with Gasteiger partial charge in [-0.15, -0.1) is 0 Å². The number of rotatable bonds is 8. The van der Waals surface area contributed by atoms with Crippen LogP contribution < -0.4 is 10.1 Å². The van der Waals surface area contributed by atoms with Crippen LogP contribution in [0.4, 0.5) is 0 Å². The van der Waals surface area contributed by atoms with Gasteiger partial charge in [0.05, 0.1) is 24.4 Å². The van der Waals surface area contributed by atoms with Crippen LogP contribution in [0.3, 0.4) is 0 Å². The van der Waals surface area contributed by atoms with E-state index in [0.717, 1.165) is 30.2 Å². The first-order valence-electron chi connectivity index (χ1n) is 9.44. The number of hydrogen-bond donors (Lipinski definition) is 1. The van der Waals surface area contributed by atoms with E-state index in [1.54, 1.807) is 7.11 Å². The van der Waals surface area contributed by atoms with E-state index in [0.29, 0.717) is 11.7 Å². The molecule has 1 amide bonds. The molecule has 0 saturated carbocycles. The van der Waals surface area contributed by atoms with Crippen molar-refractivity contribution in [1.82, 2.24) is 20.2 Å². The number of nitrogens with zero attached hydrogens (tertiary/aromatic N) is 3. The minimum Gasteiger partial charge on any atom is -0.497 e. The number of likely N-dealkylation sites (tertiary alicyclic amines) is 1. The fourth-order valence-electron chi connectivity index (χ4n) is 3.32. The number of nitrogens with one attached hydrogen (secondary N) is 1. The quantitative estimate of drug-likeness (QED) is 0.517. The van der Waals surface area contributed by atoms with Crippen LogP contribution in [0.5, 0.6) is 5.75 Å². The molecule has 0 aliphatic carbocycles. The van der Waals surface area contributed by atoms with Crippen LogP contribution in [-0.4, -0.2) is 53.3 Å². The molecule has 3 rings (SSSR count). The largest absolute Gasteiger partial charge is 0.497 e. The zero-order chi connectivity index (χ0) is 19.9. The summed E-state index contributed by atoms with van der Waals surface area (Å²) in [6, 6.07) is 8.12. The van der Waals surface area contributed by atoms with Crippen LogP contribution in [0.2, 0.25) is 5.02 Å². The van der Waals surface area contributed by atoms with Gasteiger partial charge in [-0.2, -0.15) is 0 Å². The number of ether oxygens (including phenoxy) is 1. The first kappa shape index (κ1) is 20.9. The van der Waals surface area contributed by atoms with Crippen LogP contribution in [-0.2, 0) is 0 Å². The molecule has 2 aromatic rings. The van der Waals surface area contributed by atoms with Gasteiger partial charge in [0.2, 0.25) is 0 Å². The number of hydrogen-bond acceptors (Lipinski definition) is 6. The van der Waals surface area contributed by atoms with Crippen molar-refractivity contribution in [3.05, 3.63) is 46.7 Å². The molecule has 1 atom stereocenters. The van der Waals surface area contributed by atoms with E-state index in [1.165, 1.54) is 30.8 Å². The summed E-state index contributed by atoms with van der Waals surface area (Å²) in [5.74, 6) is 1.38. The Morgan fingerprint density at radius 2 is 2.04 bits per heavy atom. The highest BCUT2D eigenvalue weighted by Gasteiger charge is 2.25. The molecule has 150 valence electrons. The molecule has 1 aromatic heterocycles. The molecular formula is C20H25ClN4O2S. The van der Waals surface area contributed by atoms with Gasteiger partial charge in [-0.25, -0.2) is 9.97 Å². The number of halogens is 1. The summed E-state index contributed by atoms with van der Waals surface area (Å²) in [6.45, 7) is 4.55. The van der Waals surface area contributed by atoms with Crippen molar-refractivity contribution in [2.45, 2.75) is 31.0 Å². The van der Waals surface area contributed by atoms with E-state index in [4.69, 9.17) is 16.3 Å². The number of amides is 1. The summed E-state index contributed by atoms with van der Waals surface area (Å²) in [5.41, 5.74) is 1.38. The van der Waals surface area contributed by atoms with Gasteiger partial charge in [0, 0.05) is 6.54 Å². The Morgan fingerprint density at radius 3 is 2.68 bits per heavy atom. The second-order valence-corrected chi connectivity index (χ2v) is 8.16. The van der Waals surface area contributed by atoms with Crippen LogP contribution in [0.1, 0.15) is 41.9 Å². The van der Waals surface area contributed by atoms with Crippen molar-refractivity contribution in [1.29, 1.82) is 0 Å². The van der Waals surface area contributed by atoms with Gasteiger partial charge in [-0.3, -0.25) is 9.69 Å². The van der Waals surface area contributed by atoms with Crippen molar-refractivity contribution in [2.24, 2.45) is 0 Å². The van der Waals surface area contributed by atoms with Gasteiger partial charge in [-0.05, 0) is 49.4 Å². The molecule has 1 N–H and O–H groups in total. The minimum absolute atomic E-state index is 0.0995. The van der Waals surface area contributed by atoms with Crippen LogP contribution in [0.25, 0.3) is 0 Å². The van der Waals surface area contributed by atoms with Crippen LogP contribution in [0, 0.1) is 0 Å². The Bertz CT molecular complexity index is 797. The van der Waals surface area contributed by atoms with E-state index >= 15 is 0 Å². The highest BCUT2D eigenvalue weighted by molar-refractivity contribution is 7.99. The standard InChI is InChI=1S/C20H25ClN4O2S/c1-3-28-20-23-12-16(21)18(24-20)19(26)22-13-17(25-10-4-5-11-25)14-6-8-15(27-2)9-7-14/h6-9,12,17H,3-5,10-11,13H2,1-2H3,(H,22,26)/t17-/m1/s1. The average Bonchev–Trinajstić information content (AvgIpc) is 3.24. The predicted octanol–water partition coefficient (Wildman–Crippen LogP) is 3.82. The maximum absolute atomic E-state index is 12.7. The third kappa shape index (κ3) is 5.16. The van der Waals surface area contributed by atoms with Crippen molar-refractivity contribution < 1.29 is 9.53 Å². The van der Waals surface area contributed by atoms with E-state index < -0.39 is 0 Å². The number of aromatic nitrogens is 2. The van der Waals surface area contributed by atoms with Crippen molar-refractivity contribution in [3.8, 4) is 5.75 Å². The Morgan fingerprint density at radius 1 is 1.32 bits per heavy atom. The first-order chi connectivity index (χ1) is 13.6. The summed E-state index contributed by atoms with van der Waals surface area (Å²) in [5, 5.41) is 3.84. The second kappa shape index (κ2) is 10.1. The Kier molecular flexibility index (Phi) is 7.53. The molecule has 6 nitrogen and oxygen atoms in total. The average molecular weight is 421 g/mol. The van der Waals surface area contributed by atoms with Crippen LogP contribution in [0.15, 0.2) is 35.6 Å². The topological polar surface area (TPSA) is 67.3 Å². The number of benzene rings is 1. The lowest BCUT2D eigenvalue weighted by molar-refractivity contribution is 0.0932. The molecule has 1 fully saturated rings. The van der Waals surface area contributed by atoms with Crippen LogP contribution >= 0.6 is 23.4 Å². The smallest absolute Gasteiger partial charge is 0.271 e. The molecule has 1 aliphatic heterocycles. The van der Waals surface area contributed by atoms with Crippen molar-refractivity contribution in [2.75, 3.05) is 32.5 Å². The maximum Gasteiger partial charge on any atom is 0.271 e. The van der Waals surface area contributed by atoms with Crippen molar-refractivity contribution in [3.63, 3.8) is 0 Å². The van der Waals surface area contributed by atoms with Gasteiger partial charge in [-0.1, -0.05) is 42.4 Å². The molecule has 0 radical (unpaired) electrons. The Balaban J connectivity index is 1.74. The van der Waals surface area contributed by atoms with E-state index in [2.05, 4.69) is 32.3 Å².